The molecule has 0 aliphatic carbocycles. The molecule has 1 aromatic carbocycles. The summed E-state index contributed by atoms with van der Waals surface area (Å²) in [6, 6.07) is 1.54. The molecule has 5 nitrogen and oxygen atoms in total. The summed E-state index contributed by atoms with van der Waals surface area (Å²) in [6.45, 7) is 5.73. The van der Waals surface area contributed by atoms with E-state index >= 15 is 0 Å². The summed E-state index contributed by atoms with van der Waals surface area (Å²) < 4.78 is 30.7. The first-order chi connectivity index (χ1) is 9.70. The van der Waals surface area contributed by atoms with Gasteiger partial charge in [-0.25, -0.2) is 8.42 Å². The van der Waals surface area contributed by atoms with Crippen LogP contribution in [0.5, 0.6) is 5.75 Å². The highest BCUT2D eigenvalue weighted by molar-refractivity contribution is 8.13. The molecule has 0 atom stereocenters. The van der Waals surface area contributed by atoms with Crippen LogP contribution < -0.4 is 4.74 Å². The zero-order valence-electron chi connectivity index (χ0n) is 12.3. The van der Waals surface area contributed by atoms with Crippen LogP contribution in [0, 0.1) is 20.8 Å². The summed E-state index contributed by atoms with van der Waals surface area (Å²) in [5.41, 5.74) is 3.07. The average Bonchev–Trinajstić information content (AvgIpc) is 2.78. The molecule has 0 amide bonds. The first kappa shape index (κ1) is 15.9. The molecule has 2 rings (SSSR count). The molecule has 0 aliphatic heterocycles. The lowest BCUT2D eigenvalue weighted by atomic mass is 10.1. The van der Waals surface area contributed by atoms with E-state index in [1.807, 2.05) is 20.2 Å². The number of hydrogen-bond donors (Lipinski definition) is 0. The third-order valence-electron chi connectivity index (χ3n) is 3.38. The number of halogens is 1. The summed E-state index contributed by atoms with van der Waals surface area (Å²) in [6.07, 6.45) is 3.60. The van der Waals surface area contributed by atoms with Crippen LogP contribution in [0.3, 0.4) is 0 Å². The first-order valence-corrected chi connectivity index (χ1v) is 8.67. The van der Waals surface area contributed by atoms with Crippen molar-refractivity contribution in [3.63, 3.8) is 0 Å². The van der Waals surface area contributed by atoms with Gasteiger partial charge in [0.25, 0.3) is 9.05 Å². The van der Waals surface area contributed by atoms with E-state index in [-0.39, 0.29) is 4.90 Å². The van der Waals surface area contributed by atoms with E-state index in [4.69, 9.17) is 15.4 Å². The second kappa shape index (κ2) is 5.69. The minimum atomic E-state index is -3.76. The highest BCUT2D eigenvalue weighted by atomic mass is 35.7. The Morgan fingerprint density at radius 3 is 2.48 bits per heavy atom. The molecule has 0 N–H and O–H groups in total. The van der Waals surface area contributed by atoms with Gasteiger partial charge in [0.1, 0.15) is 12.4 Å². The van der Waals surface area contributed by atoms with Gasteiger partial charge < -0.3 is 4.74 Å². The smallest absolute Gasteiger partial charge is 0.261 e. The van der Waals surface area contributed by atoms with E-state index in [0.717, 1.165) is 16.7 Å². The predicted molar refractivity (Wildman–Crippen MR) is 81.2 cm³/mol. The number of rotatable bonds is 4. The molecule has 0 spiro atoms. The molecule has 21 heavy (non-hydrogen) atoms. The second-order valence-electron chi connectivity index (χ2n) is 5.02. The van der Waals surface area contributed by atoms with Gasteiger partial charge in [-0.3, -0.25) is 4.68 Å². The number of aromatic nitrogens is 2. The maximum Gasteiger partial charge on any atom is 0.261 e. The molecule has 0 bridgehead atoms. The molecule has 114 valence electrons. The largest absolute Gasteiger partial charge is 0.488 e. The van der Waals surface area contributed by atoms with Gasteiger partial charge in [0, 0.05) is 29.5 Å². The van der Waals surface area contributed by atoms with Gasteiger partial charge >= 0.3 is 0 Å². The number of ether oxygens (including phenoxy) is 1. The number of aryl methyl sites for hydroxylation is 2. The van der Waals surface area contributed by atoms with Gasteiger partial charge in [-0.15, -0.1) is 0 Å². The molecule has 1 heterocycles. The van der Waals surface area contributed by atoms with Crippen LogP contribution >= 0.6 is 10.7 Å². The van der Waals surface area contributed by atoms with Crippen LogP contribution in [0.2, 0.25) is 0 Å². The van der Waals surface area contributed by atoms with Gasteiger partial charge in [-0.2, -0.15) is 5.10 Å². The van der Waals surface area contributed by atoms with Crippen LogP contribution in [0.15, 0.2) is 23.4 Å². The van der Waals surface area contributed by atoms with E-state index in [9.17, 15) is 8.42 Å². The van der Waals surface area contributed by atoms with Crippen molar-refractivity contribution in [3.05, 3.63) is 40.7 Å². The van der Waals surface area contributed by atoms with Gasteiger partial charge in [0.05, 0.1) is 11.1 Å². The minimum absolute atomic E-state index is 0.132. The summed E-state index contributed by atoms with van der Waals surface area (Å²) in [4.78, 5) is 0.132. The van der Waals surface area contributed by atoms with Crippen LogP contribution in [0.4, 0.5) is 0 Å². The Kier molecular flexibility index (Phi) is 4.30. The highest BCUT2D eigenvalue weighted by Crippen LogP contribution is 2.33. The van der Waals surface area contributed by atoms with Crippen molar-refractivity contribution >= 4 is 19.7 Å². The molecular weight excluding hydrogens is 312 g/mol. The van der Waals surface area contributed by atoms with Crippen molar-refractivity contribution in [2.24, 2.45) is 7.05 Å². The van der Waals surface area contributed by atoms with Crippen molar-refractivity contribution in [1.82, 2.24) is 9.78 Å². The van der Waals surface area contributed by atoms with Crippen molar-refractivity contribution in [1.29, 1.82) is 0 Å². The molecule has 0 saturated carbocycles. The van der Waals surface area contributed by atoms with E-state index in [1.165, 1.54) is 0 Å². The van der Waals surface area contributed by atoms with E-state index in [0.29, 0.717) is 17.9 Å². The van der Waals surface area contributed by atoms with E-state index < -0.39 is 9.05 Å². The quantitative estimate of drug-likeness (QED) is 0.810. The zero-order chi connectivity index (χ0) is 15.8. The third-order valence-corrected chi connectivity index (χ3v) is 4.83. The molecule has 0 unspecified atom stereocenters. The Balaban J connectivity index is 2.35. The van der Waals surface area contributed by atoms with Crippen LogP contribution in [0.25, 0.3) is 0 Å². The fourth-order valence-corrected chi connectivity index (χ4v) is 3.52. The monoisotopic (exact) mass is 328 g/mol. The Hall–Kier alpha value is -1.53. The second-order valence-corrected chi connectivity index (χ2v) is 7.55. The number of nitrogens with zero attached hydrogens (tertiary/aromatic N) is 2. The average molecular weight is 329 g/mol. The fourth-order valence-electron chi connectivity index (χ4n) is 2.20. The third kappa shape index (κ3) is 3.39. The normalized spacial score (nSPS) is 11.7. The molecule has 0 fully saturated rings. The summed E-state index contributed by atoms with van der Waals surface area (Å²) in [5, 5.41) is 4.08. The highest BCUT2D eigenvalue weighted by Gasteiger charge is 2.19. The maximum absolute atomic E-state index is 11.6. The molecule has 2 aromatic rings. The molecular formula is C14H17ClN2O3S. The van der Waals surface area contributed by atoms with Gasteiger partial charge in [0.2, 0.25) is 0 Å². The Morgan fingerprint density at radius 2 is 1.95 bits per heavy atom. The summed E-state index contributed by atoms with van der Waals surface area (Å²) in [5.74, 6) is 0.681. The Bertz CT molecular complexity index is 782. The van der Waals surface area contributed by atoms with Crippen molar-refractivity contribution in [2.75, 3.05) is 0 Å². The van der Waals surface area contributed by atoms with E-state index in [2.05, 4.69) is 5.10 Å². The molecule has 0 aliphatic rings. The van der Waals surface area contributed by atoms with E-state index in [1.54, 1.807) is 30.8 Å². The molecule has 0 radical (unpaired) electrons. The van der Waals surface area contributed by atoms with Gasteiger partial charge in [0.15, 0.2) is 0 Å². The summed E-state index contributed by atoms with van der Waals surface area (Å²) in [7, 11) is 3.54. The standard InChI is InChI=1S/C14H17ClN2O3S/c1-9-5-13(21(15,18)19)10(2)11(3)14(9)20-8-12-6-16-17(4)7-12/h5-7H,8H2,1-4H3. The predicted octanol–water partition coefficient (Wildman–Crippen LogP) is 2.85. The van der Waals surface area contributed by atoms with Crippen LogP contribution in [0.1, 0.15) is 22.3 Å². The topological polar surface area (TPSA) is 61.2 Å². The lowest BCUT2D eigenvalue weighted by Gasteiger charge is -2.15. The van der Waals surface area contributed by atoms with Gasteiger partial charge in [-0.1, -0.05) is 0 Å². The summed E-state index contributed by atoms with van der Waals surface area (Å²) >= 11 is 0. The molecule has 1 aromatic heterocycles. The first-order valence-electron chi connectivity index (χ1n) is 6.36. The van der Waals surface area contributed by atoms with Crippen molar-refractivity contribution in [3.8, 4) is 5.75 Å². The Morgan fingerprint density at radius 1 is 1.29 bits per heavy atom. The Labute approximate surface area is 128 Å². The molecule has 7 heteroatoms. The SMILES string of the molecule is Cc1cc(S(=O)(=O)Cl)c(C)c(C)c1OCc1cnn(C)c1. The fraction of sp³-hybridized carbons (Fsp3) is 0.357. The van der Waals surface area contributed by atoms with Crippen LogP contribution in [-0.4, -0.2) is 18.2 Å². The zero-order valence-corrected chi connectivity index (χ0v) is 13.9. The van der Waals surface area contributed by atoms with Crippen LogP contribution in [-0.2, 0) is 22.7 Å². The van der Waals surface area contributed by atoms with Crippen molar-refractivity contribution in [2.45, 2.75) is 32.3 Å². The van der Waals surface area contributed by atoms with Crippen molar-refractivity contribution < 1.29 is 13.2 Å². The lowest BCUT2D eigenvalue weighted by Crippen LogP contribution is -2.04. The minimum Gasteiger partial charge on any atom is -0.488 e. The number of benzene rings is 1. The number of hydrogen-bond acceptors (Lipinski definition) is 4. The molecule has 0 saturated heterocycles. The maximum atomic E-state index is 11.6. The lowest BCUT2D eigenvalue weighted by molar-refractivity contribution is 0.301. The van der Waals surface area contributed by atoms with Gasteiger partial charge in [-0.05, 0) is 43.5 Å².